The van der Waals surface area contributed by atoms with Crippen LogP contribution in [0.3, 0.4) is 0 Å². The van der Waals surface area contributed by atoms with Crippen LogP contribution in [0.15, 0.2) is 63.9 Å². The highest BCUT2D eigenvalue weighted by Crippen LogP contribution is 2.17. The SMILES string of the molecule is Cc1ccc(CNC(=O)CCc2nc(-c3cc4ccccc4[nH]c3=O)no2)cc1. The number of amides is 1. The van der Waals surface area contributed by atoms with Gasteiger partial charge in [0.1, 0.15) is 0 Å². The van der Waals surface area contributed by atoms with Crippen molar-refractivity contribution in [1.29, 1.82) is 0 Å². The molecule has 0 saturated carbocycles. The molecule has 29 heavy (non-hydrogen) atoms. The Labute approximate surface area is 166 Å². The van der Waals surface area contributed by atoms with Crippen LogP contribution in [0.5, 0.6) is 0 Å². The largest absolute Gasteiger partial charge is 0.352 e. The van der Waals surface area contributed by atoms with Gasteiger partial charge in [0.2, 0.25) is 17.6 Å². The van der Waals surface area contributed by atoms with Crippen LogP contribution in [0.2, 0.25) is 0 Å². The summed E-state index contributed by atoms with van der Waals surface area (Å²) in [5.74, 6) is 0.430. The maximum absolute atomic E-state index is 12.3. The van der Waals surface area contributed by atoms with Crippen molar-refractivity contribution in [1.82, 2.24) is 20.4 Å². The summed E-state index contributed by atoms with van der Waals surface area (Å²) in [4.78, 5) is 31.5. The fourth-order valence-electron chi connectivity index (χ4n) is 2.99. The molecule has 2 aromatic heterocycles. The molecule has 0 aliphatic carbocycles. The number of pyridine rings is 1. The molecule has 0 unspecified atom stereocenters. The number of para-hydroxylation sites is 1. The lowest BCUT2D eigenvalue weighted by atomic mass is 10.1. The zero-order chi connectivity index (χ0) is 20.2. The molecule has 1 amide bonds. The Balaban J connectivity index is 1.38. The average Bonchev–Trinajstić information content (AvgIpc) is 3.20. The van der Waals surface area contributed by atoms with E-state index >= 15 is 0 Å². The normalized spacial score (nSPS) is 10.9. The Morgan fingerprint density at radius 3 is 2.76 bits per heavy atom. The van der Waals surface area contributed by atoms with Gasteiger partial charge in [-0.3, -0.25) is 9.59 Å². The van der Waals surface area contributed by atoms with Crippen LogP contribution in [-0.2, 0) is 17.8 Å². The maximum atomic E-state index is 12.3. The van der Waals surface area contributed by atoms with E-state index in [0.29, 0.717) is 24.4 Å². The van der Waals surface area contributed by atoms with Crippen molar-refractivity contribution in [3.63, 3.8) is 0 Å². The lowest BCUT2D eigenvalue weighted by molar-refractivity contribution is -0.121. The highest BCUT2D eigenvalue weighted by atomic mass is 16.5. The summed E-state index contributed by atoms with van der Waals surface area (Å²) in [6.45, 7) is 2.49. The van der Waals surface area contributed by atoms with E-state index in [0.717, 1.165) is 16.5 Å². The number of H-pyrrole nitrogens is 1. The molecule has 7 nitrogen and oxygen atoms in total. The number of benzene rings is 2. The zero-order valence-electron chi connectivity index (χ0n) is 15.9. The van der Waals surface area contributed by atoms with Gasteiger partial charge in [-0.05, 0) is 30.0 Å². The second-order valence-electron chi connectivity index (χ2n) is 6.87. The molecule has 7 heteroatoms. The fourth-order valence-corrected chi connectivity index (χ4v) is 2.99. The van der Waals surface area contributed by atoms with Crippen LogP contribution in [0.1, 0.15) is 23.4 Å². The first-order valence-electron chi connectivity index (χ1n) is 9.36. The van der Waals surface area contributed by atoms with Gasteiger partial charge in [0.05, 0.1) is 5.56 Å². The molecule has 0 saturated heterocycles. The lowest BCUT2D eigenvalue weighted by Crippen LogP contribution is -2.23. The molecule has 0 spiro atoms. The van der Waals surface area contributed by atoms with Crippen LogP contribution < -0.4 is 10.9 Å². The van der Waals surface area contributed by atoms with Crippen molar-refractivity contribution in [3.8, 4) is 11.4 Å². The van der Waals surface area contributed by atoms with E-state index in [1.807, 2.05) is 55.5 Å². The monoisotopic (exact) mass is 388 g/mol. The van der Waals surface area contributed by atoms with E-state index in [4.69, 9.17) is 4.52 Å². The number of aryl methyl sites for hydroxylation is 2. The minimum absolute atomic E-state index is 0.103. The Kier molecular flexibility index (Phi) is 5.20. The highest BCUT2D eigenvalue weighted by Gasteiger charge is 2.14. The van der Waals surface area contributed by atoms with Crippen molar-refractivity contribution in [2.45, 2.75) is 26.3 Å². The summed E-state index contributed by atoms with van der Waals surface area (Å²) in [6, 6.07) is 17.2. The first-order chi connectivity index (χ1) is 14.1. The molecule has 2 heterocycles. The zero-order valence-corrected chi connectivity index (χ0v) is 15.9. The molecule has 4 aromatic rings. The second-order valence-corrected chi connectivity index (χ2v) is 6.87. The van der Waals surface area contributed by atoms with E-state index in [-0.39, 0.29) is 23.7 Å². The number of hydrogen-bond acceptors (Lipinski definition) is 5. The van der Waals surface area contributed by atoms with E-state index in [9.17, 15) is 9.59 Å². The first-order valence-corrected chi connectivity index (χ1v) is 9.36. The van der Waals surface area contributed by atoms with Gasteiger partial charge in [-0.25, -0.2) is 0 Å². The van der Waals surface area contributed by atoms with Crippen molar-refractivity contribution < 1.29 is 9.32 Å². The quantitative estimate of drug-likeness (QED) is 0.528. The summed E-state index contributed by atoms with van der Waals surface area (Å²) in [7, 11) is 0. The minimum atomic E-state index is -0.285. The summed E-state index contributed by atoms with van der Waals surface area (Å²) >= 11 is 0. The van der Waals surface area contributed by atoms with Gasteiger partial charge < -0.3 is 14.8 Å². The van der Waals surface area contributed by atoms with Gasteiger partial charge >= 0.3 is 0 Å². The Hall–Kier alpha value is -3.74. The van der Waals surface area contributed by atoms with E-state index in [1.165, 1.54) is 5.56 Å². The van der Waals surface area contributed by atoms with Gasteiger partial charge in [-0.2, -0.15) is 4.98 Å². The molecule has 0 aliphatic heterocycles. The number of aromatic amines is 1. The number of aromatic nitrogens is 3. The number of fused-ring (bicyclic) bond motifs is 1. The molecule has 0 radical (unpaired) electrons. The van der Waals surface area contributed by atoms with Crippen LogP contribution in [0.25, 0.3) is 22.3 Å². The van der Waals surface area contributed by atoms with Crippen molar-refractivity contribution in [3.05, 3.63) is 82.0 Å². The first kappa shape index (κ1) is 18.6. The third kappa shape index (κ3) is 4.40. The number of hydrogen-bond donors (Lipinski definition) is 2. The van der Waals surface area contributed by atoms with Crippen LogP contribution in [0.4, 0.5) is 0 Å². The third-order valence-corrected chi connectivity index (χ3v) is 4.64. The predicted octanol–water partition coefficient (Wildman–Crippen LogP) is 3.14. The topological polar surface area (TPSA) is 101 Å². The standard InChI is InChI=1S/C22H20N4O3/c1-14-6-8-15(9-7-14)13-23-19(27)10-11-20-25-21(26-29-20)17-12-16-4-2-3-5-18(16)24-22(17)28/h2-9,12H,10-11,13H2,1H3,(H,23,27)(H,24,28). The van der Waals surface area contributed by atoms with Crippen molar-refractivity contribution in [2.24, 2.45) is 0 Å². The number of nitrogens with zero attached hydrogens (tertiary/aromatic N) is 2. The molecular weight excluding hydrogens is 368 g/mol. The fraction of sp³-hybridized carbons (Fsp3) is 0.182. The number of rotatable bonds is 6. The van der Waals surface area contributed by atoms with Gasteiger partial charge in [0.25, 0.3) is 5.56 Å². The van der Waals surface area contributed by atoms with Gasteiger partial charge in [-0.1, -0.05) is 53.2 Å². The number of nitrogens with one attached hydrogen (secondary N) is 2. The third-order valence-electron chi connectivity index (χ3n) is 4.64. The summed E-state index contributed by atoms with van der Waals surface area (Å²) in [5.41, 5.74) is 3.02. The molecule has 0 aliphatic rings. The molecule has 0 bridgehead atoms. The van der Waals surface area contributed by atoms with Crippen molar-refractivity contribution >= 4 is 16.8 Å². The van der Waals surface area contributed by atoms with Crippen LogP contribution in [0, 0.1) is 6.92 Å². The van der Waals surface area contributed by atoms with Crippen molar-refractivity contribution in [2.75, 3.05) is 0 Å². The lowest BCUT2D eigenvalue weighted by Gasteiger charge is -2.04. The van der Waals surface area contributed by atoms with E-state index in [1.54, 1.807) is 6.07 Å². The van der Waals surface area contributed by atoms with Gasteiger partial charge in [-0.15, -0.1) is 0 Å². The Bertz CT molecular complexity index is 1210. The van der Waals surface area contributed by atoms with Gasteiger partial charge in [0, 0.05) is 24.9 Å². The van der Waals surface area contributed by atoms with Crippen LogP contribution >= 0.6 is 0 Å². The Morgan fingerprint density at radius 2 is 1.93 bits per heavy atom. The summed E-state index contributed by atoms with van der Waals surface area (Å²) in [6.07, 6.45) is 0.528. The molecular formula is C22H20N4O3. The molecule has 146 valence electrons. The average molecular weight is 388 g/mol. The number of carbonyl (C=O) groups excluding carboxylic acids is 1. The molecule has 4 rings (SSSR count). The summed E-state index contributed by atoms with van der Waals surface area (Å²) < 4.78 is 5.22. The number of carbonyl (C=O) groups is 1. The minimum Gasteiger partial charge on any atom is -0.352 e. The van der Waals surface area contributed by atoms with E-state index < -0.39 is 0 Å². The molecule has 2 N–H and O–H groups in total. The summed E-state index contributed by atoms with van der Waals surface area (Å²) in [5, 5.41) is 7.65. The molecule has 2 aromatic carbocycles. The van der Waals surface area contributed by atoms with E-state index in [2.05, 4.69) is 20.4 Å². The molecule has 0 fully saturated rings. The second kappa shape index (κ2) is 8.10. The smallest absolute Gasteiger partial charge is 0.259 e. The predicted molar refractivity (Wildman–Crippen MR) is 109 cm³/mol. The Morgan fingerprint density at radius 1 is 1.14 bits per heavy atom. The van der Waals surface area contributed by atoms with Gasteiger partial charge in [0.15, 0.2) is 0 Å². The highest BCUT2D eigenvalue weighted by molar-refractivity contribution is 5.82. The maximum Gasteiger partial charge on any atom is 0.259 e. The molecule has 0 atom stereocenters. The van der Waals surface area contributed by atoms with Crippen LogP contribution in [-0.4, -0.2) is 21.0 Å².